The third kappa shape index (κ3) is 4.06. The summed E-state index contributed by atoms with van der Waals surface area (Å²) in [5.41, 5.74) is 2.72. The predicted octanol–water partition coefficient (Wildman–Crippen LogP) is 5.12. The Balaban J connectivity index is 1.47. The van der Waals surface area contributed by atoms with Gasteiger partial charge in [-0.05, 0) is 56.0 Å². The second-order valence-corrected chi connectivity index (χ2v) is 8.68. The Morgan fingerprint density at radius 3 is 2.58 bits per heavy atom. The van der Waals surface area contributed by atoms with Crippen LogP contribution in [0.25, 0.3) is 0 Å². The number of ether oxygens (including phenoxy) is 1. The van der Waals surface area contributed by atoms with Gasteiger partial charge in [0.15, 0.2) is 0 Å². The smallest absolute Gasteiger partial charge is 0.0594 e. The van der Waals surface area contributed by atoms with Crippen LogP contribution in [0.15, 0.2) is 57.2 Å². The molecule has 26 heavy (non-hydrogen) atoms. The third-order valence-electron chi connectivity index (χ3n) is 5.04. The van der Waals surface area contributed by atoms with Crippen molar-refractivity contribution in [2.45, 2.75) is 27.5 Å². The van der Waals surface area contributed by atoms with E-state index in [0.29, 0.717) is 0 Å². The fourth-order valence-corrected chi connectivity index (χ4v) is 5.12. The second-order valence-electron chi connectivity index (χ2n) is 6.72. The van der Waals surface area contributed by atoms with Gasteiger partial charge in [-0.25, -0.2) is 0 Å². The first-order valence-corrected chi connectivity index (χ1v) is 11.4. The lowest BCUT2D eigenvalue weighted by molar-refractivity contribution is 0.0373. The molecule has 2 heterocycles. The first-order chi connectivity index (χ1) is 12.8. The summed E-state index contributed by atoms with van der Waals surface area (Å²) in [4.78, 5) is 9.13. The fourth-order valence-electron chi connectivity index (χ4n) is 3.61. The SMILES string of the molecule is CSc1ccc2c(c1)N(CCCCN1CCOCC1)c1ccccc1S2. The van der Waals surface area contributed by atoms with Gasteiger partial charge in [-0.2, -0.15) is 0 Å². The van der Waals surface area contributed by atoms with Crippen LogP contribution in [0.5, 0.6) is 0 Å². The summed E-state index contributed by atoms with van der Waals surface area (Å²) in [5.74, 6) is 0. The largest absolute Gasteiger partial charge is 0.379 e. The lowest BCUT2D eigenvalue weighted by Gasteiger charge is -2.33. The quantitative estimate of drug-likeness (QED) is 0.504. The molecule has 0 bridgehead atoms. The molecule has 0 unspecified atom stereocenters. The monoisotopic (exact) mass is 386 g/mol. The van der Waals surface area contributed by atoms with Gasteiger partial charge in [0.2, 0.25) is 0 Å². The maximum absolute atomic E-state index is 5.45. The molecule has 5 heteroatoms. The minimum Gasteiger partial charge on any atom is -0.379 e. The van der Waals surface area contributed by atoms with Crippen molar-refractivity contribution in [2.75, 3.05) is 50.5 Å². The van der Waals surface area contributed by atoms with Crippen molar-refractivity contribution >= 4 is 34.9 Å². The van der Waals surface area contributed by atoms with Gasteiger partial charge in [0.1, 0.15) is 0 Å². The Labute approximate surface area is 165 Å². The van der Waals surface area contributed by atoms with Crippen LogP contribution in [0.1, 0.15) is 12.8 Å². The van der Waals surface area contributed by atoms with Gasteiger partial charge in [-0.1, -0.05) is 23.9 Å². The number of unbranched alkanes of at least 4 members (excludes halogenated alkanes) is 1. The highest BCUT2D eigenvalue weighted by Gasteiger charge is 2.23. The first-order valence-electron chi connectivity index (χ1n) is 9.38. The van der Waals surface area contributed by atoms with Crippen molar-refractivity contribution < 1.29 is 4.74 Å². The molecule has 0 N–H and O–H groups in total. The van der Waals surface area contributed by atoms with Crippen LogP contribution in [0, 0.1) is 0 Å². The number of nitrogens with zero attached hydrogens (tertiary/aromatic N) is 2. The highest BCUT2D eigenvalue weighted by atomic mass is 32.2. The first kappa shape index (κ1) is 18.2. The molecule has 0 atom stereocenters. The van der Waals surface area contributed by atoms with E-state index in [1.807, 2.05) is 23.5 Å². The van der Waals surface area contributed by atoms with Gasteiger partial charge < -0.3 is 9.64 Å². The van der Waals surface area contributed by atoms with Crippen molar-refractivity contribution in [3.8, 4) is 0 Å². The number of hydrogen-bond acceptors (Lipinski definition) is 5. The molecule has 2 aromatic carbocycles. The van der Waals surface area contributed by atoms with Crippen molar-refractivity contribution in [1.82, 2.24) is 4.90 Å². The number of hydrogen-bond donors (Lipinski definition) is 0. The molecule has 0 aliphatic carbocycles. The van der Waals surface area contributed by atoms with Crippen LogP contribution in [0.3, 0.4) is 0 Å². The van der Waals surface area contributed by atoms with E-state index >= 15 is 0 Å². The predicted molar refractivity (Wildman–Crippen MR) is 112 cm³/mol. The number of morpholine rings is 1. The van der Waals surface area contributed by atoms with E-state index in [1.54, 1.807) is 0 Å². The molecule has 4 rings (SSSR count). The van der Waals surface area contributed by atoms with Gasteiger partial charge >= 0.3 is 0 Å². The van der Waals surface area contributed by atoms with Crippen molar-refractivity contribution in [3.05, 3.63) is 42.5 Å². The molecule has 0 aromatic heterocycles. The average molecular weight is 387 g/mol. The maximum Gasteiger partial charge on any atom is 0.0594 e. The summed E-state index contributed by atoms with van der Waals surface area (Å²) in [6.45, 7) is 6.22. The number of anilines is 2. The van der Waals surface area contributed by atoms with Crippen LogP contribution in [0.4, 0.5) is 11.4 Å². The van der Waals surface area contributed by atoms with Gasteiger partial charge in [0.25, 0.3) is 0 Å². The molecule has 2 aliphatic rings. The molecule has 2 aromatic rings. The van der Waals surface area contributed by atoms with Gasteiger partial charge in [-0.3, -0.25) is 4.90 Å². The Hall–Kier alpha value is -1.14. The summed E-state index contributed by atoms with van der Waals surface area (Å²) >= 11 is 3.71. The second kappa shape index (κ2) is 8.70. The van der Waals surface area contributed by atoms with E-state index in [1.165, 1.54) is 45.4 Å². The zero-order valence-electron chi connectivity index (χ0n) is 15.3. The summed E-state index contributed by atoms with van der Waals surface area (Å²) < 4.78 is 5.45. The maximum atomic E-state index is 5.45. The van der Waals surface area contributed by atoms with Gasteiger partial charge in [0.05, 0.1) is 24.6 Å². The summed E-state index contributed by atoms with van der Waals surface area (Å²) in [6.07, 6.45) is 4.60. The molecular weight excluding hydrogens is 360 g/mol. The van der Waals surface area contributed by atoms with E-state index in [4.69, 9.17) is 4.74 Å². The number of benzene rings is 2. The normalized spacial score (nSPS) is 17.0. The van der Waals surface area contributed by atoms with Crippen LogP contribution in [-0.2, 0) is 4.74 Å². The van der Waals surface area contributed by atoms with Crippen LogP contribution in [0.2, 0.25) is 0 Å². The summed E-state index contributed by atoms with van der Waals surface area (Å²) in [5, 5.41) is 0. The lowest BCUT2D eigenvalue weighted by atomic mass is 10.2. The van der Waals surface area contributed by atoms with E-state index in [2.05, 4.69) is 58.5 Å². The Morgan fingerprint density at radius 1 is 0.962 bits per heavy atom. The van der Waals surface area contributed by atoms with Crippen molar-refractivity contribution in [1.29, 1.82) is 0 Å². The number of fused-ring (bicyclic) bond motifs is 2. The Kier molecular flexibility index (Phi) is 6.10. The number of rotatable bonds is 6. The molecule has 0 spiro atoms. The molecule has 0 saturated carbocycles. The van der Waals surface area contributed by atoms with Gasteiger partial charge in [0, 0.05) is 34.3 Å². The Morgan fingerprint density at radius 2 is 1.73 bits per heavy atom. The highest BCUT2D eigenvalue weighted by molar-refractivity contribution is 8.00. The topological polar surface area (TPSA) is 15.7 Å². The van der Waals surface area contributed by atoms with Gasteiger partial charge in [-0.15, -0.1) is 11.8 Å². The zero-order chi connectivity index (χ0) is 17.8. The molecule has 3 nitrogen and oxygen atoms in total. The highest BCUT2D eigenvalue weighted by Crippen LogP contribution is 2.48. The molecule has 1 fully saturated rings. The molecule has 2 aliphatic heterocycles. The molecule has 138 valence electrons. The molecule has 0 radical (unpaired) electrons. The van der Waals surface area contributed by atoms with E-state index in [9.17, 15) is 0 Å². The summed E-state index contributed by atoms with van der Waals surface area (Å²) in [6, 6.07) is 15.7. The van der Waals surface area contributed by atoms with Crippen LogP contribution >= 0.6 is 23.5 Å². The standard InChI is InChI=1S/C21H26N2OS2/c1-25-17-8-9-21-19(16-17)23(18-6-2-3-7-20(18)26-21)11-5-4-10-22-12-14-24-15-13-22/h2-3,6-9,16H,4-5,10-15H2,1H3. The minimum atomic E-state index is 0.890. The summed E-state index contributed by atoms with van der Waals surface area (Å²) in [7, 11) is 0. The van der Waals surface area contributed by atoms with Crippen LogP contribution in [-0.4, -0.2) is 50.5 Å². The Bertz CT molecular complexity index is 747. The lowest BCUT2D eigenvalue weighted by Crippen LogP contribution is -2.37. The van der Waals surface area contributed by atoms with Crippen molar-refractivity contribution in [2.24, 2.45) is 0 Å². The molecular formula is C21H26N2OS2. The van der Waals surface area contributed by atoms with E-state index < -0.39 is 0 Å². The molecule has 1 saturated heterocycles. The fraction of sp³-hybridized carbons (Fsp3) is 0.429. The van der Waals surface area contributed by atoms with Crippen molar-refractivity contribution in [3.63, 3.8) is 0 Å². The van der Waals surface area contributed by atoms with E-state index in [-0.39, 0.29) is 0 Å². The zero-order valence-corrected chi connectivity index (χ0v) is 17.0. The number of para-hydroxylation sites is 1. The average Bonchev–Trinajstić information content (AvgIpc) is 2.71. The molecule has 0 amide bonds. The van der Waals surface area contributed by atoms with Crippen LogP contribution < -0.4 is 4.90 Å². The third-order valence-corrected chi connectivity index (χ3v) is 6.90. The van der Waals surface area contributed by atoms with E-state index in [0.717, 1.165) is 32.8 Å². The number of thioether (sulfide) groups is 1. The minimum absolute atomic E-state index is 0.890.